The molecule has 0 saturated heterocycles. The van der Waals surface area contributed by atoms with Crippen LogP contribution >= 0.6 is 0 Å². The maximum Gasteiger partial charge on any atom is 0.198 e. The molecule has 1 aliphatic rings. The van der Waals surface area contributed by atoms with E-state index in [4.69, 9.17) is 4.42 Å². The zero-order valence-electron chi connectivity index (χ0n) is 39.9. The van der Waals surface area contributed by atoms with Gasteiger partial charge in [-0.2, -0.15) is 0 Å². The summed E-state index contributed by atoms with van der Waals surface area (Å²) in [5, 5.41) is 6.10. The molecule has 0 radical (unpaired) electrons. The van der Waals surface area contributed by atoms with Crippen LogP contribution in [0.25, 0.3) is 55.3 Å². The molecule has 0 unspecified atom stereocenters. The van der Waals surface area contributed by atoms with Crippen LogP contribution in [0, 0.1) is 6.92 Å². The third-order valence-corrected chi connectivity index (χ3v) is 13.9. The standard InChI is InChI=1S/C65H52BN3O/c1-43-39-48(65(2,3)4)32-38-59(43)69-60-40-47(45-21-11-6-12-22-45)31-36-57(60)66-62-55(42-56-53-27-17-18-28-61(53)70-64(56)63(62)69)54-41-52(68(50-23-13-7-14-24-50)51-25-15-8-16-26-51)35-37-58(54)67-49-33-29-46(30-34-49)44-19-9-5-10-20-44/h5-42,66-67H,1-4H3. The molecule has 0 spiro atoms. The zero-order valence-corrected chi connectivity index (χ0v) is 39.9. The average molecular weight is 902 g/mol. The van der Waals surface area contributed by atoms with Crippen LogP contribution in [0.2, 0.25) is 0 Å². The quantitative estimate of drug-likeness (QED) is 0.146. The van der Waals surface area contributed by atoms with Gasteiger partial charge in [-0.25, -0.2) is 0 Å². The van der Waals surface area contributed by atoms with Crippen molar-refractivity contribution in [1.29, 1.82) is 0 Å². The lowest BCUT2D eigenvalue weighted by atomic mass is 9.57. The molecule has 1 N–H and O–H groups in total. The first-order valence-corrected chi connectivity index (χ1v) is 24.3. The first-order valence-electron chi connectivity index (χ1n) is 24.3. The highest BCUT2D eigenvalue weighted by atomic mass is 16.3. The van der Waals surface area contributed by atoms with E-state index < -0.39 is 0 Å². The number of nitrogens with one attached hydrogen (secondary N) is 1. The Morgan fingerprint density at radius 1 is 0.486 bits per heavy atom. The summed E-state index contributed by atoms with van der Waals surface area (Å²) in [6.07, 6.45) is 0. The highest BCUT2D eigenvalue weighted by Gasteiger charge is 2.34. The number of furan rings is 1. The molecule has 1 aliphatic heterocycles. The van der Waals surface area contributed by atoms with Crippen LogP contribution in [0.1, 0.15) is 31.9 Å². The Hall–Kier alpha value is -8.54. The summed E-state index contributed by atoms with van der Waals surface area (Å²) in [7, 11) is 0.703. The molecule has 10 aromatic carbocycles. The van der Waals surface area contributed by atoms with Gasteiger partial charge in [0.2, 0.25) is 0 Å². The lowest BCUT2D eigenvalue weighted by Gasteiger charge is -2.36. The fourth-order valence-corrected chi connectivity index (χ4v) is 10.3. The van der Waals surface area contributed by atoms with Gasteiger partial charge in [-0.3, -0.25) is 0 Å². The van der Waals surface area contributed by atoms with Gasteiger partial charge in [-0.05, 0) is 136 Å². The maximum absolute atomic E-state index is 7.13. The topological polar surface area (TPSA) is 31.6 Å². The van der Waals surface area contributed by atoms with E-state index in [1.165, 1.54) is 44.3 Å². The molecular weight excluding hydrogens is 850 g/mol. The number of rotatable bonds is 9. The minimum absolute atomic E-state index is 0.00960. The van der Waals surface area contributed by atoms with Gasteiger partial charge >= 0.3 is 0 Å². The molecule has 0 saturated carbocycles. The Labute approximate surface area is 411 Å². The van der Waals surface area contributed by atoms with E-state index in [9.17, 15) is 0 Å². The minimum Gasteiger partial charge on any atom is -0.454 e. The van der Waals surface area contributed by atoms with Gasteiger partial charge in [-0.1, -0.05) is 178 Å². The largest absolute Gasteiger partial charge is 0.454 e. The zero-order chi connectivity index (χ0) is 47.3. The highest BCUT2D eigenvalue weighted by Crippen LogP contribution is 2.48. The summed E-state index contributed by atoms with van der Waals surface area (Å²) in [4.78, 5) is 4.86. The van der Waals surface area contributed by atoms with Crippen LogP contribution in [0.4, 0.5) is 45.5 Å². The molecule has 0 aliphatic carbocycles. The molecule has 0 bridgehead atoms. The van der Waals surface area contributed by atoms with Gasteiger partial charge < -0.3 is 19.5 Å². The van der Waals surface area contributed by atoms with Crippen molar-refractivity contribution >= 4 is 85.6 Å². The third kappa shape index (κ3) is 7.80. The molecular formula is C65H52BN3O. The fourth-order valence-electron chi connectivity index (χ4n) is 10.3. The van der Waals surface area contributed by atoms with Crippen molar-refractivity contribution in [2.24, 2.45) is 0 Å². The molecule has 1 aromatic heterocycles. The number of para-hydroxylation sites is 3. The van der Waals surface area contributed by atoms with Gasteiger partial charge in [-0.15, -0.1) is 0 Å². The Morgan fingerprint density at radius 3 is 1.74 bits per heavy atom. The Kier molecular flexibility index (Phi) is 10.7. The molecule has 0 amide bonds. The normalized spacial score (nSPS) is 12.1. The van der Waals surface area contributed by atoms with E-state index in [2.05, 4.69) is 273 Å². The van der Waals surface area contributed by atoms with E-state index in [1.54, 1.807) is 0 Å². The monoisotopic (exact) mass is 901 g/mol. The van der Waals surface area contributed by atoms with Crippen molar-refractivity contribution < 1.29 is 4.42 Å². The van der Waals surface area contributed by atoms with Crippen molar-refractivity contribution in [3.8, 4) is 33.4 Å². The summed E-state index contributed by atoms with van der Waals surface area (Å²) in [6, 6.07) is 83.2. The first-order chi connectivity index (χ1) is 34.2. The Bertz CT molecular complexity index is 3650. The van der Waals surface area contributed by atoms with Crippen molar-refractivity contribution in [1.82, 2.24) is 0 Å². The van der Waals surface area contributed by atoms with Gasteiger partial charge in [0.05, 0.1) is 5.69 Å². The number of hydrogen-bond donors (Lipinski definition) is 1. The first kappa shape index (κ1) is 42.8. The van der Waals surface area contributed by atoms with Crippen LogP contribution < -0.4 is 26.0 Å². The van der Waals surface area contributed by atoms with Crippen molar-refractivity contribution in [2.75, 3.05) is 15.1 Å². The van der Waals surface area contributed by atoms with Gasteiger partial charge in [0.1, 0.15) is 5.58 Å². The molecule has 0 fully saturated rings. The van der Waals surface area contributed by atoms with Crippen molar-refractivity contribution in [3.63, 3.8) is 0 Å². The second kappa shape index (κ2) is 17.5. The van der Waals surface area contributed by atoms with Crippen LogP contribution in [0.3, 0.4) is 0 Å². The predicted molar refractivity (Wildman–Crippen MR) is 299 cm³/mol. The maximum atomic E-state index is 7.13. The second-order valence-corrected chi connectivity index (χ2v) is 19.5. The molecule has 12 rings (SSSR count). The van der Waals surface area contributed by atoms with Crippen LogP contribution in [-0.4, -0.2) is 7.28 Å². The number of hydrogen-bond acceptors (Lipinski definition) is 4. The highest BCUT2D eigenvalue weighted by molar-refractivity contribution is 6.74. The number of nitrogens with zero attached hydrogens (tertiary/aromatic N) is 2. The molecule has 70 heavy (non-hydrogen) atoms. The molecule has 0 atom stereocenters. The number of fused-ring (bicyclic) bond motifs is 6. The second-order valence-electron chi connectivity index (χ2n) is 19.5. The van der Waals surface area contributed by atoms with Crippen LogP contribution in [-0.2, 0) is 5.41 Å². The Balaban J connectivity index is 1.14. The van der Waals surface area contributed by atoms with Gasteiger partial charge in [0.15, 0.2) is 12.9 Å². The summed E-state index contributed by atoms with van der Waals surface area (Å²) in [5.41, 5.74) is 22.3. The third-order valence-electron chi connectivity index (χ3n) is 13.9. The minimum atomic E-state index is -0.00960. The molecule has 336 valence electrons. The number of aryl methyl sites for hydroxylation is 1. The lowest BCUT2D eigenvalue weighted by molar-refractivity contribution is 0.590. The Morgan fingerprint density at radius 2 is 1.09 bits per heavy atom. The summed E-state index contributed by atoms with van der Waals surface area (Å²) >= 11 is 0. The molecule has 4 nitrogen and oxygen atoms in total. The summed E-state index contributed by atoms with van der Waals surface area (Å²) < 4.78 is 7.13. The summed E-state index contributed by atoms with van der Waals surface area (Å²) in [5.74, 6) is 0. The SMILES string of the molecule is Cc1cc(C(C)(C)C)ccc1N1c2cc(-c3ccccc3)ccc2Bc2c(-c3cc(N(c4ccccc4)c4ccccc4)ccc3Nc3ccc(-c4ccccc4)cc3)cc3c(oc4ccccc43)c21. The van der Waals surface area contributed by atoms with E-state index in [0.717, 1.165) is 78.6 Å². The van der Waals surface area contributed by atoms with Gasteiger partial charge in [0.25, 0.3) is 0 Å². The average Bonchev–Trinajstić information content (AvgIpc) is 3.78. The van der Waals surface area contributed by atoms with Gasteiger partial charge in [0, 0.05) is 56.1 Å². The lowest BCUT2D eigenvalue weighted by Crippen LogP contribution is -2.41. The number of anilines is 8. The van der Waals surface area contributed by atoms with Crippen molar-refractivity contribution in [3.05, 3.63) is 242 Å². The van der Waals surface area contributed by atoms with Crippen LogP contribution in [0.5, 0.6) is 0 Å². The smallest absolute Gasteiger partial charge is 0.198 e. The fraction of sp³-hybridized carbons (Fsp3) is 0.0769. The molecule has 2 heterocycles. The van der Waals surface area contributed by atoms with Crippen LogP contribution in [0.15, 0.2) is 235 Å². The number of benzene rings is 10. The molecule has 11 aromatic rings. The van der Waals surface area contributed by atoms with Crippen molar-refractivity contribution in [2.45, 2.75) is 33.1 Å². The summed E-state index contributed by atoms with van der Waals surface area (Å²) in [6.45, 7) is 9.13. The predicted octanol–water partition coefficient (Wildman–Crippen LogP) is 16.6. The van der Waals surface area contributed by atoms with E-state index >= 15 is 0 Å². The van der Waals surface area contributed by atoms with E-state index in [0.29, 0.717) is 7.28 Å². The van der Waals surface area contributed by atoms with E-state index in [1.807, 2.05) is 0 Å². The van der Waals surface area contributed by atoms with E-state index in [-0.39, 0.29) is 5.41 Å². The molecule has 5 heteroatoms.